The van der Waals surface area contributed by atoms with Gasteiger partial charge in [-0.15, -0.1) is 0 Å². The molecule has 2 aromatic heterocycles. The fourth-order valence-electron chi connectivity index (χ4n) is 2.02. The SMILES string of the molecule is C=C(CONC(=C)c1cccc(C)n1)CONC(=C)c1cccc(C)n1. The van der Waals surface area contributed by atoms with Crippen molar-refractivity contribution in [3.63, 3.8) is 0 Å². The fourth-order valence-corrected chi connectivity index (χ4v) is 2.02. The van der Waals surface area contributed by atoms with Crippen LogP contribution in [0.25, 0.3) is 11.4 Å². The van der Waals surface area contributed by atoms with Gasteiger partial charge >= 0.3 is 0 Å². The molecule has 0 spiro atoms. The summed E-state index contributed by atoms with van der Waals surface area (Å²) < 4.78 is 0. The summed E-state index contributed by atoms with van der Waals surface area (Å²) in [6, 6.07) is 11.4. The van der Waals surface area contributed by atoms with Gasteiger partial charge in [-0.3, -0.25) is 30.6 Å². The van der Waals surface area contributed by atoms with Gasteiger partial charge in [0.2, 0.25) is 0 Å². The Morgan fingerprint density at radius 3 is 1.62 bits per heavy atom. The molecule has 0 amide bonds. The number of hydroxylamine groups is 2. The molecule has 0 aliphatic heterocycles. The Bertz CT molecular complexity index is 736. The summed E-state index contributed by atoms with van der Waals surface area (Å²) in [5.74, 6) is 0. The zero-order valence-electron chi connectivity index (χ0n) is 15.2. The molecule has 0 aliphatic carbocycles. The van der Waals surface area contributed by atoms with Gasteiger partial charge in [-0.25, -0.2) is 0 Å². The van der Waals surface area contributed by atoms with Gasteiger partial charge in [0.15, 0.2) is 0 Å². The summed E-state index contributed by atoms with van der Waals surface area (Å²) in [5, 5.41) is 0. The summed E-state index contributed by atoms with van der Waals surface area (Å²) in [5.41, 5.74) is 10.7. The lowest BCUT2D eigenvalue weighted by Gasteiger charge is -2.13. The van der Waals surface area contributed by atoms with E-state index in [4.69, 9.17) is 9.68 Å². The molecule has 2 N–H and O–H groups in total. The summed E-state index contributed by atoms with van der Waals surface area (Å²) in [6.45, 7) is 16.1. The topological polar surface area (TPSA) is 68.3 Å². The fraction of sp³-hybridized carbons (Fsp3) is 0.200. The van der Waals surface area contributed by atoms with Crippen LogP contribution in [-0.4, -0.2) is 23.2 Å². The predicted octanol–water partition coefficient (Wildman–Crippen LogP) is 3.33. The molecule has 26 heavy (non-hydrogen) atoms. The second-order valence-corrected chi connectivity index (χ2v) is 5.82. The van der Waals surface area contributed by atoms with Crippen molar-refractivity contribution in [2.45, 2.75) is 13.8 Å². The smallest absolute Gasteiger partial charge is 0.0977 e. The van der Waals surface area contributed by atoms with Crippen molar-refractivity contribution in [2.24, 2.45) is 0 Å². The van der Waals surface area contributed by atoms with Crippen molar-refractivity contribution in [2.75, 3.05) is 13.2 Å². The standard InChI is InChI=1S/C20H24N4O2/c1-14(12-25-23-17(4)19-10-6-8-15(2)21-19)13-26-24-18(5)20-11-7-9-16(3)22-20/h6-11,23-24H,1,4-5,12-13H2,2-3H3. The van der Waals surface area contributed by atoms with Crippen molar-refractivity contribution < 1.29 is 9.68 Å². The van der Waals surface area contributed by atoms with E-state index in [1.807, 2.05) is 50.2 Å². The van der Waals surface area contributed by atoms with Crippen LogP contribution >= 0.6 is 0 Å². The van der Waals surface area contributed by atoms with E-state index < -0.39 is 0 Å². The number of hydrogen-bond acceptors (Lipinski definition) is 6. The third-order valence-corrected chi connectivity index (χ3v) is 3.34. The van der Waals surface area contributed by atoms with Gasteiger partial charge < -0.3 is 0 Å². The number of aryl methyl sites for hydroxylation is 2. The highest BCUT2D eigenvalue weighted by atomic mass is 16.7. The highest BCUT2D eigenvalue weighted by Gasteiger charge is 2.03. The van der Waals surface area contributed by atoms with Crippen LogP contribution in [0.1, 0.15) is 22.8 Å². The molecule has 0 bridgehead atoms. The van der Waals surface area contributed by atoms with Crippen LogP contribution < -0.4 is 11.0 Å². The monoisotopic (exact) mass is 352 g/mol. The lowest BCUT2D eigenvalue weighted by molar-refractivity contribution is 0.0635. The first-order valence-electron chi connectivity index (χ1n) is 8.14. The molecule has 2 rings (SSSR count). The quantitative estimate of drug-likeness (QED) is 0.505. The minimum absolute atomic E-state index is 0.266. The summed E-state index contributed by atoms with van der Waals surface area (Å²) in [4.78, 5) is 19.5. The van der Waals surface area contributed by atoms with Crippen LogP contribution in [0.15, 0.2) is 61.7 Å². The van der Waals surface area contributed by atoms with Crippen LogP contribution in [0.3, 0.4) is 0 Å². The Morgan fingerprint density at radius 2 is 1.23 bits per heavy atom. The van der Waals surface area contributed by atoms with Crippen LogP contribution in [0.2, 0.25) is 0 Å². The maximum Gasteiger partial charge on any atom is 0.0977 e. The molecule has 0 unspecified atom stereocenters. The molecule has 6 heteroatoms. The van der Waals surface area contributed by atoms with E-state index in [1.165, 1.54) is 0 Å². The Morgan fingerprint density at radius 1 is 0.808 bits per heavy atom. The lowest BCUT2D eigenvalue weighted by atomic mass is 10.3. The van der Waals surface area contributed by atoms with Gasteiger partial charge in [0.05, 0.1) is 36.0 Å². The van der Waals surface area contributed by atoms with Crippen LogP contribution in [-0.2, 0) is 9.68 Å². The molecule has 136 valence electrons. The molecule has 0 aromatic carbocycles. The van der Waals surface area contributed by atoms with Crippen LogP contribution in [0.4, 0.5) is 0 Å². The summed E-state index contributed by atoms with van der Waals surface area (Å²) in [6.07, 6.45) is 0. The largest absolute Gasteiger partial charge is 0.272 e. The second-order valence-electron chi connectivity index (χ2n) is 5.82. The van der Waals surface area contributed by atoms with Crippen molar-refractivity contribution >= 4 is 11.4 Å². The Balaban J connectivity index is 1.66. The third kappa shape index (κ3) is 6.16. The first kappa shape index (κ1) is 19.4. The molecule has 0 atom stereocenters. The summed E-state index contributed by atoms with van der Waals surface area (Å²) in [7, 11) is 0. The molecule has 2 aromatic rings. The number of nitrogens with one attached hydrogen (secondary N) is 2. The third-order valence-electron chi connectivity index (χ3n) is 3.34. The minimum Gasteiger partial charge on any atom is -0.272 e. The molecule has 0 aliphatic rings. The lowest BCUT2D eigenvalue weighted by Crippen LogP contribution is -2.19. The Kier molecular flexibility index (Phi) is 7.08. The van der Waals surface area contributed by atoms with Crippen molar-refractivity contribution in [1.29, 1.82) is 0 Å². The van der Waals surface area contributed by atoms with Crippen LogP contribution in [0.5, 0.6) is 0 Å². The van der Waals surface area contributed by atoms with Gasteiger partial charge in [0, 0.05) is 11.4 Å². The number of aromatic nitrogens is 2. The molecular weight excluding hydrogens is 328 g/mol. The molecule has 0 radical (unpaired) electrons. The average molecular weight is 352 g/mol. The molecule has 6 nitrogen and oxygen atoms in total. The van der Waals surface area contributed by atoms with E-state index in [-0.39, 0.29) is 13.2 Å². The van der Waals surface area contributed by atoms with E-state index in [0.717, 1.165) is 28.3 Å². The average Bonchev–Trinajstić information content (AvgIpc) is 2.61. The molecular formula is C20H24N4O2. The molecule has 0 fully saturated rings. The van der Waals surface area contributed by atoms with E-state index in [1.54, 1.807) is 0 Å². The molecule has 2 heterocycles. The Hall–Kier alpha value is -2.96. The number of hydrogen-bond donors (Lipinski definition) is 2. The zero-order chi connectivity index (χ0) is 18.9. The van der Waals surface area contributed by atoms with Gasteiger partial charge in [0.1, 0.15) is 0 Å². The highest BCUT2D eigenvalue weighted by molar-refractivity contribution is 5.57. The van der Waals surface area contributed by atoms with Gasteiger partial charge in [-0.2, -0.15) is 0 Å². The Labute approximate surface area is 154 Å². The maximum atomic E-state index is 5.38. The van der Waals surface area contributed by atoms with Gasteiger partial charge in [0.25, 0.3) is 0 Å². The molecule has 0 saturated carbocycles. The van der Waals surface area contributed by atoms with Crippen molar-refractivity contribution in [3.05, 3.63) is 84.5 Å². The predicted molar refractivity (Wildman–Crippen MR) is 103 cm³/mol. The van der Waals surface area contributed by atoms with E-state index in [9.17, 15) is 0 Å². The normalized spacial score (nSPS) is 10.2. The first-order valence-corrected chi connectivity index (χ1v) is 8.14. The van der Waals surface area contributed by atoms with Gasteiger partial charge in [-0.1, -0.05) is 31.9 Å². The highest BCUT2D eigenvalue weighted by Crippen LogP contribution is 2.08. The number of pyridine rings is 2. The zero-order valence-corrected chi connectivity index (χ0v) is 15.2. The molecule has 0 saturated heterocycles. The van der Waals surface area contributed by atoms with E-state index >= 15 is 0 Å². The van der Waals surface area contributed by atoms with Crippen molar-refractivity contribution in [3.8, 4) is 0 Å². The number of rotatable bonds is 10. The van der Waals surface area contributed by atoms with Gasteiger partial charge in [-0.05, 0) is 43.7 Å². The first-order chi connectivity index (χ1) is 12.5. The van der Waals surface area contributed by atoms with E-state index in [0.29, 0.717) is 11.4 Å². The minimum atomic E-state index is 0.266. The van der Waals surface area contributed by atoms with Crippen LogP contribution in [0, 0.1) is 13.8 Å². The van der Waals surface area contributed by atoms with Crippen molar-refractivity contribution in [1.82, 2.24) is 20.9 Å². The second kappa shape index (κ2) is 9.50. The van der Waals surface area contributed by atoms with E-state index in [2.05, 4.69) is 40.7 Å². The maximum absolute atomic E-state index is 5.38. The summed E-state index contributed by atoms with van der Waals surface area (Å²) >= 11 is 0. The number of nitrogens with zero attached hydrogens (tertiary/aromatic N) is 2.